The largest absolute Gasteiger partial charge is 0.454 e. The van der Waals surface area contributed by atoms with Crippen molar-refractivity contribution in [2.24, 2.45) is 9.98 Å². The van der Waals surface area contributed by atoms with Crippen LogP contribution in [-0.2, 0) is 43.0 Å². The minimum atomic E-state index is -1.50. The van der Waals surface area contributed by atoms with Crippen LogP contribution in [0.4, 0.5) is 21.9 Å². The van der Waals surface area contributed by atoms with E-state index < -0.39 is 23.2 Å². The van der Waals surface area contributed by atoms with Gasteiger partial charge in [-0.1, -0.05) is 211 Å². The van der Waals surface area contributed by atoms with Crippen LogP contribution in [0.5, 0.6) is 11.5 Å². The van der Waals surface area contributed by atoms with Crippen molar-refractivity contribution in [2.75, 3.05) is 117 Å². The van der Waals surface area contributed by atoms with Gasteiger partial charge in [0.2, 0.25) is 18.0 Å². The van der Waals surface area contributed by atoms with Crippen LogP contribution in [0.2, 0.25) is 25.1 Å². The van der Waals surface area contributed by atoms with Crippen molar-refractivity contribution >= 4 is 116 Å². The summed E-state index contributed by atoms with van der Waals surface area (Å²) in [6, 6.07) is 69.8. The van der Waals surface area contributed by atoms with Crippen LogP contribution < -0.4 is 15.4 Å². The lowest BCUT2D eigenvalue weighted by atomic mass is 9.70. The van der Waals surface area contributed by atoms with Crippen molar-refractivity contribution in [3.8, 4) is 11.5 Å². The number of halogens is 5. The van der Waals surface area contributed by atoms with Gasteiger partial charge < -0.3 is 54.8 Å². The lowest BCUT2D eigenvalue weighted by Crippen LogP contribution is -2.48. The Labute approximate surface area is 741 Å². The number of aliphatic imine (C=N–C) groups is 2. The Morgan fingerprint density at radius 3 is 1.87 bits per heavy atom. The monoisotopic (exact) mass is 1740 g/mol. The molecule has 122 heavy (non-hydrogen) atoms. The van der Waals surface area contributed by atoms with Crippen molar-refractivity contribution < 1.29 is 38.9 Å². The van der Waals surface area contributed by atoms with E-state index in [0.29, 0.717) is 88.1 Å². The SMILES string of the molecule is CCN(CC)CC(=O)Nc1c(C)cccc1C.CCOC(=O)N1CCC(=C2c3ccc(Cl)cc3CCc3cccnc32)CC1.CN(C)C(=O)C(CCN1CCC(O)(c2ccc(Cl)cc2)CC1)(c1ccccc1)c1ccccc1.CN1CCN(C2=Nc3ccccc3Oc3ccc(Cl)cc32)CC1.O=C1Nc2ccc(Cl)cc2C(c2ccccc2Cl)=NC1O. The number of likely N-dealkylation sites (tertiary alicyclic amines) is 2. The number of amides is 4. The molecule has 6 aliphatic rings. The Balaban J connectivity index is 0.000000142. The molecule has 0 bridgehead atoms. The fourth-order valence-electron chi connectivity index (χ4n) is 16.1. The average molecular weight is 1740 g/mol. The minimum absolute atomic E-state index is 0.0612. The van der Waals surface area contributed by atoms with Crippen LogP contribution in [0.1, 0.15) is 120 Å². The van der Waals surface area contributed by atoms with Crippen LogP contribution in [0.3, 0.4) is 0 Å². The normalized spacial score (nSPS) is 16.0. The number of nitrogens with one attached hydrogen (secondary N) is 2. The average Bonchev–Trinajstić information content (AvgIpc) is 1.08. The number of nitrogens with zero attached hydrogens (tertiary/aromatic N) is 9. The van der Waals surface area contributed by atoms with E-state index in [2.05, 4.69) is 98.6 Å². The van der Waals surface area contributed by atoms with E-state index in [-0.39, 0.29) is 17.9 Å². The quantitative estimate of drug-likeness (QED) is 0.0800. The third-order valence-corrected chi connectivity index (χ3v) is 24.2. The lowest BCUT2D eigenvalue weighted by molar-refractivity contribution is -0.134. The number of benzene rings is 9. The maximum atomic E-state index is 13.8. The molecule has 0 spiro atoms. The van der Waals surface area contributed by atoms with E-state index in [1.54, 1.807) is 52.3 Å². The second-order valence-electron chi connectivity index (χ2n) is 31.2. The first-order chi connectivity index (χ1) is 58.9. The van der Waals surface area contributed by atoms with E-state index in [1.807, 2.05) is 175 Å². The number of piperidine rings is 2. The van der Waals surface area contributed by atoms with E-state index in [9.17, 15) is 29.4 Å². The molecule has 6 heterocycles. The highest BCUT2D eigenvalue weighted by Gasteiger charge is 2.44. The molecule has 5 aliphatic heterocycles. The number of piperazine rings is 1. The summed E-state index contributed by atoms with van der Waals surface area (Å²) in [6.45, 7) is 20.3. The van der Waals surface area contributed by atoms with Gasteiger partial charge in [0.25, 0.3) is 5.91 Å². The van der Waals surface area contributed by atoms with Crippen LogP contribution in [0, 0.1) is 13.8 Å². The highest BCUT2D eigenvalue weighted by molar-refractivity contribution is 6.37. The summed E-state index contributed by atoms with van der Waals surface area (Å²) in [5.74, 6) is 2.07. The van der Waals surface area contributed by atoms with E-state index in [0.717, 1.165) is 157 Å². The first-order valence-electron chi connectivity index (χ1n) is 41.6. The van der Waals surface area contributed by atoms with Crippen LogP contribution in [0.15, 0.2) is 240 Å². The standard InChI is InChI=1S/C29H33ClN2O2.C22H23ClN2O2.C18H18ClN3O.C15H10Cl2N2O2.C14H22N2O/c1-31(2)27(33)29(24-9-5-3-6-10-24,25-11-7-4-8-12-25)19-22-32-20-17-28(34,18-21-32)23-13-15-26(30)16-14-23;1-2-27-22(26)25-12-9-15(10-13-25)20-19-8-7-18(23)14-17(19)6-5-16-4-3-11-24-21(16)20;1-21-8-10-22(11-9-21)18-14-12-13(19)6-7-16(14)23-17-5-3-2-4-15(17)20-18;16-8-5-6-12-10(7-8)13(19-15(21)14(20)18-12)9-3-1-2-4-11(9)17;1-5-16(6-2)10-13(17)15-14-11(3)8-7-9-12(14)4/h3-16,34H,17-22H2,1-2H3;3-4,7-8,11,14H,2,5-6,9-10,12-13H2,1H3;2-7,12H,8-11H2,1H3;1-7,15,21H,(H,18,20);7-9H,5-6,10H2,1-4H3,(H,15,17). The molecule has 0 saturated carbocycles. The van der Waals surface area contributed by atoms with Gasteiger partial charge in [0.15, 0.2) is 5.75 Å². The molecule has 4 amide bonds. The number of benzodiazepines with no additional fused rings is 1. The number of aliphatic hydroxyl groups excluding tert-OH is 1. The number of pyridine rings is 1. The smallest absolute Gasteiger partial charge is 0.409 e. The number of rotatable bonds is 14. The molecule has 16 rings (SSSR count). The van der Waals surface area contributed by atoms with E-state index in [1.165, 1.54) is 27.8 Å². The number of hydrogen-bond acceptors (Lipinski definition) is 15. The van der Waals surface area contributed by atoms with E-state index >= 15 is 0 Å². The Hall–Kier alpha value is -10.3. The van der Waals surface area contributed by atoms with Gasteiger partial charge in [-0.25, -0.2) is 14.8 Å². The summed E-state index contributed by atoms with van der Waals surface area (Å²) < 4.78 is 11.2. The number of aryl methyl sites for hydroxylation is 4. The second kappa shape index (κ2) is 42.7. The number of para-hydroxylation sites is 3. The fourth-order valence-corrected chi connectivity index (χ4v) is 17.0. The Kier molecular flexibility index (Phi) is 31.8. The molecular formula is C98H106Cl5N11O8. The highest BCUT2D eigenvalue weighted by atomic mass is 35.5. The maximum Gasteiger partial charge on any atom is 0.409 e. The molecule has 0 radical (unpaired) electrons. The van der Waals surface area contributed by atoms with Gasteiger partial charge in [-0.2, -0.15) is 0 Å². The van der Waals surface area contributed by atoms with Gasteiger partial charge in [-0.05, 0) is 222 Å². The predicted octanol–water partition coefficient (Wildman–Crippen LogP) is 19.4. The number of aliphatic hydroxyl groups is 2. The zero-order valence-electron chi connectivity index (χ0n) is 70.3. The minimum Gasteiger partial charge on any atom is -0.454 e. The molecule has 1 unspecified atom stereocenters. The Morgan fingerprint density at radius 2 is 1.22 bits per heavy atom. The zero-order chi connectivity index (χ0) is 86.6. The molecule has 24 heteroatoms. The number of aromatic nitrogens is 1. The fraction of sp³-hybridized carbons (Fsp3) is 0.316. The maximum absolute atomic E-state index is 13.8. The molecule has 19 nitrogen and oxygen atoms in total. The van der Waals surface area contributed by atoms with Crippen molar-refractivity contribution in [1.82, 2.24) is 34.4 Å². The number of amidine groups is 1. The summed E-state index contributed by atoms with van der Waals surface area (Å²) in [6.07, 6.45) is 5.72. The molecule has 3 saturated heterocycles. The number of carbonyl (C=O) groups is 4. The van der Waals surface area contributed by atoms with Crippen LogP contribution >= 0.6 is 58.0 Å². The van der Waals surface area contributed by atoms with Gasteiger partial charge >= 0.3 is 6.09 Å². The van der Waals surface area contributed by atoms with Crippen molar-refractivity contribution in [2.45, 2.75) is 96.8 Å². The molecule has 9 aromatic carbocycles. The van der Waals surface area contributed by atoms with Crippen molar-refractivity contribution in [3.05, 3.63) is 322 Å². The highest BCUT2D eigenvalue weighted by Crippen LogP contribution is 2.44. The molecule has 1 aromatic heterocycles. The molecular weight excluding hydrogens is 1640 g/mol. The second-order valence-corrected chi connectivity index (χ2v) is 33.3. The Morgan fingerprint density at radius 1 is 0.623 bits per heavy atom. The third kappa shape index (κ3) is 22.6. The summed E-state index contributed by atoms with van der Waals surface area (Å²) in [4.78, 5) is 75.9. The molecule has 3 fully saturated rings. The van der Waals surface area contributed by atoms with E-state index in [4.69, 9.17) is 77.5 Å². The van der Waals surface area contributed by atoms with Crippen molar-refractivity contribution in [3.63, 3.8) is 0 Å². The topological polar surface area (TPSA) is 208 Å². The predicted molar refractivity (Wildman–Crippen MR) is 494 cm³/mol. The first kappa shape index (κ1) is 91.0. The number of ether oxygens (including phenoxy) is 2. The van der Waals surface area contributed by atoms with Gasteiger partial charge in [0, 0.05) is 120 Å². The number of anilines is 2. The van der Waals surface area contributed by atoms with Gasteiger partial charge in [-0.3, -0.25) is 24.3 Å². The number of likely N-dealkylation sites (N-methyl/N-ethyl adjacent to an activating group) is 3. The molecule has 10 aromatic rings. The summed E-state index contributed by atoms with van der Waals surface area (Å²) >= 11 is 30.8. The number of carbonyl (C=O) groups excluding carboxylic acids is 4. The summed E-state index contributed by atoms with van der Waals surface area (Å²) in [7, 11) is 5.81. The van der Waals surface area contributed by atoms with Crippen molar-refractivity contribution in [1.29, 1.82) is 0 Å². The number of hydrogen-bond donors (Lipinski definition) is 4. The van der Waals surface area contributed by atoms with Gasteiger partial charge in [0.05, 0.1) is 41.4 Å². The molecule has 1 aliphatic carbocycles. The zero-order valence-corrected chi connectivity index (χ0v) is 74.1. The third-order valence-electron chi connectivity index (χ3n) is 23.0. The summed E-state index contributed by atoms with van der Waals surface area (Å²) in [5.41, 5.74) is 16.0. The molecule has 1 atom stereocenters. The van der Waals surface area contributed by atoms with Crippen LogP contribution in [-0.4, -0.2) is 192 Å². The first-order valence-corrected chi connectivity index (χ1v) is 43.5. The Bertz CT molecular complexity index is 5330. The van der Waals surface area contributed by atoms with Gasteiger partial charge in [0.1, 0.15) is 22.7 Å². The van der Waals surface area contributed by atoms with Gasteiger partial charge in [-0.15, -0.1) is 0 Å². The molecule has 4 N–H and O–H groups in total. The van der Waals surface area contributed by atoms with Crippen LogP contribution in [0.25, 0.3) is 5.57 Å². The molecule has 636 valence electrons. The lowest BCUT2D eigenvalue weighted by Gasteiger charge is -2.41. The summed E-state index contributed by atoms with van der Waals surface area (Å²) in [5, 5.41) is 29.8. The number of fused-ring (bicyclic) bond motifs is 5.